The van der Waals surface area contributed by atoms with Crippen molar-refractivity contribution in [3.63, 3.8) is 0 Å². The van der Waals surface area contributed by atoms with E-state index >= 15 is 0 Å². The second kappa shape index (κ2) is 6.88. The molecular formula is C17H18FNO2. The van der Waals surface area contributed by atoms with Crippen molar-refractivity contribution >= 4 is 5.91 Å². The fourth-order valence-corrected chi connectivity index (χ4v) is 2.02. The summed E-state index contributed by atoms with van der Waals surface area (Å²) in [5.74, 6) is 0.413. The van der Waals surface area contributed by atoms with Crippen molar-refractivity contribution in [1.82, 2.24) is 4.90 Å². The minimum absolute atomic E-state index is 0.0524. The van der Waals surface area contributed by atoms with Crippen LogP contribution in [0.25, 0.3) is 0 Å². The molecule has 3 nitrogen and oxygen atoms in total. The molecule has 0 fully saturated rings. The minimum atomic E-state index is -0.290. The number of ether oxygens (including phenoxy) is 1. The Labute approximate surface area is 124 Å². The van der Waals surface area contributed by atoms with Gasteiger partial charge < -0.3 is 9.64 Å². The molecule has 0 heterocycles. The summed E-state index contributed by atoms with van der Waals surface area (Å²) in [6.45, 7) is 0.266. The van der Waals surface area contributed by atoms with E-state index in [0.29, 0.717) is 5.56 Å². The lowest BCUT2D eigenvalue weighted by Crippen LogP contribution is -2.28. The first-order chi connectivity index (χ1) is 10.1. The zero-order valence-electron chi connectivity index (χ0n) is 12.2. The van der Waals surface area contributed by atoms with Crippen LogP contribution in [0.15, 0.2) is 48.5 Å². The molecule has 0 N–H and O–H groups in total. The Morgan fingerprint density at radius 2 is 1.81 bits per heavy atom. The number of likely N-dealkylation sites (N-methyl/N-ethyl adjacent to an activating group) is 1. The monoisotopic (exact) mass is 287 g/mol. The number of hydrogen-bond donors (Lipinski definition) is 0. The number of nitrogens with zero attached hydrogens (tertiary/aromatic N) is 1. The molecule has 0 aliphatic heterocycles. The van der Waals surface area contributed by atoms with Gasteiger partial charge in [-0.3, -0.25) is 4.79 Å². The number of carbonyl (C=O) groups excluding carboxylic acids is 1. The average molecular weight is 287 g/mol. The van der Waals surface area contributed by atoms with Crippen molar-refractivity contribution in [2.75, 3.05) is 14.2 Å². The molecule has 21 heavy (non-hydrogen) atoms. The summed E-state index contributed by atoms with van der Waals surface area (Å²) in [7, 11) is 3.28. The molecule has 0 radical (unpaired) electrons. The molecule has 0 saturated carbocycles. The zero-order chi connectivity index (χ0) is 15.2. The molecule has 0 aliphatic carbocycles. The fourth-order valence-electron chi connectivity index (χ4n) is 2.02. The predicted octanol–water partition coefficient (Wildman–Crippen LogP) is 3.04. The van der Waals surface area contributed by atoms with Crippen molar-refractivity contribution in [1.29, 1.82) is 0 Å². The Morgan fingerprint density at radius 1 is 1.14 bits per heavy atom. The molecule has 0 aromatic heterocycles. The molecule has 1 amide bonds. The van der Waals surface area contributed by atoms with Gasteiger partial charge in [-0.05, 0) is 23.8 Å². The number of hydrogen-bond acceptors (Lipinski definition) is 2. The highest BCUT2D eigenvalue weighted by molar-refractivity contribution is 5.78. The SMILES string of the molecule is COc1ccc(CC(=O)N(C)Cc2ccccc2F)cc1. The minimum Gasteiger partial charge on any atom is -0.497 e. The summed E-state index contributed by atoms with van der Waals surface area (Å²) >= 11 is 0. The fraction of sp³-hybridized carbons (Fsp3) is 0.235. The normalized spacial score (nSPS) is 10.2. The summed E-state index contributed by atoms with van der Waals surface area (Å²) in [5.41, 5.74) is 1.42. The molecule has 0 saturated heterocycles. The lowest BCUT2D eigenvalue weighted by atomic mass is 10.1. The van der Waals surface area contributed by atoms with E-state index in [-0.39, 0.29) is 24.7 Å². The highest BCUT2D eigenvalue weighted by Gasteiger charge is 2.12. The predicted molar refractivity (Wildman–Crippen MR) is 79.6 cm³/mol. The number of rotatable bonds is 5. The maximum absolute atomic E-state index is 13.6. The quantitative estimate of drug-likeness (QED) is 0.846. The Bertz CT molecular complexity index is 610. The first-order valence-corrected chi connectivity index (χ1v) is 6.70. The summed E-state index contributed by atoms with van der Waals surface area (Å²) < 4.78 is 18.6. The van der Waals surface area contributed by atoms with Gasteiger partial charge in [0.1, 0.15) is 11.6 Å². The summed E-state index contributed by atoms with van der Waals surface area (Å²) in [5, 5.41) is 0. The van der Waals surface area contributed by atoms with Gasteiger partial charge in [-0.1, -0.05) is 30.3 Å². The highest BCUT2D eigenvalue weighted by Crippen LogP contribution is 2.13. The Balaban J connectivity index is 1.97. The average Bonchev–Trinajstić information content (AvgIpc) is 2.50. The topological polar surface area (TPSA) is 29.5 Å². The zero-order valence-corrected chi connectivity index (χ0v) is 12.2. The number of benzene rings is 2. The third kappa shape index (κ3) is 4.05. The smallest absolute Gasteiger partial charge is 0.227 e. The largest absolute Gasteiger partial charge is 0.497 e. The van der Waals surface area contributed by atoms with Gasteiger partial charge in [0.05, 0.1) is 13.5 Å². The Morgan fingerprint density at radius 3 is 2.43 bits per heavy atom. The van der Waals surface area contributed by atoms with Crippen LogP contribution in [-0.4, -0.2) is 25.0 Å². The number of halogens is 1. The van der Waals surface area contributed by atoms with Gasteiger partial charge in [-0.2, -0.15) is 0 Å². The third-order valence-corrected chi connectivity index (χ3v) is 3.31. The maximum Gasteiger partial charge on any atom is 0.227 e. The first kappa shape index (κ1) is 15.0. The van der Waals surface area contributed by atoms with Crippen LogP contribution in [0.1, 0.15) is 11.1 Å². The van der Waals surface area contributed by atoms with Crippen molar-refractivity contribution in [2.24, 2.45) is 0 Å². The van der Waals surface area contributed by atoms with E-state index in [1.807, 2.05) is 24.3 Å². The molecule has 110 valence electrons. The highest BCUT2D eigenvalue weighted by atomic mass is 19.1. The summed E-state index contributed by atoms with van der Waals surface area (Å²) in [6.07, 6.45) is 0.287. The summed E-state index contributed by atoms with van der Waals surface area (Å²) in [4.78, 5) is 13.7. The third-order valence-electron chi connectivity index (χ3n) is 3.31. The Kier molecular flexibility index (Phi) is 4.93. The van der Waals surface area contributed by atoms with Gasteiger partial charge in [-0.15, -0.1) is 0 Å². The van der Waals surface area contributed by atoms with Crippen LogP contribution in [0, 0.1) is 5.82 Å². The van der Waals surface area contributed by atoms with Crippen molar-refractivity contribution in [3.05, 3.63) is 65.5 Å². The van der Waals surface area contributed by atoms with Crippen LogP contribution in [0.4, 0.5) is 4.39 Å². The van der Waals surface area contributed by atoms with Crippen LogP contribution < -0.4 is 4.74 Å². The molecule has 2 aromatic carbocycles. The van der Waals surface area contributed by atoms with E-state index in [9.17, 15) is 9.18 Å². The van der Waals surface area contributed by atoms with Crippen LogP contribution >= 0.6 is 0 Å². The van der Waals surface area contributed by atoms with E-state index in [0.717, 1.165) is 11.3 Å². The number of carbonyl (C=O) groups is 1. The maximum atomic E-state index is 13.6. The van der Waals surface area contributed by atoms with Crippen molar-refractivity contribution in [3.8, 4) is 5.75 Å². The van der Waals surface area contributed by atoms with E-state index in [1.54, 1.807) is 32.4 Å². The van der Waals surface area contributed by atoms with Crippen LogP contribution in [0.5, 0.6) is 5.75 Å². The van der Waals surface area contributed by atoms with Gasteiger partial charge in [0.25, 0.3) is 0 Å². The van der Waals surface area contributed by atoms with Gasteiger partial charge >= 0.3 is 0 Å². The van der Waals surface area contributed by atoms with E-state index < -0.39 is 0 Å². The van der Waals surface area contributed by atoms with Gasteiger partial charge in [-0.25, -0.2) is 4.39 Å². The van der Waals surface area contributed by atoms with E-state index in [1.165, 1.54) is 11.0 Å². The molecule has 4 heteroatoms. The second-order valence-electron chi connectivity index (χ2n) is 4.87. The van der Waals surface area contributed by atoms with Crippen molar-refractivity contribution < 1.29 is 13.9 Å². The molecule has 2 rings (SSSR count). The van der Waals surface area contributed by atoms with Crippen LogP contribution in [0.3, 0.4) is 0 Å². The number of amides is 1. The van der Waals surface area contributed by atoms with Gasteiger partial charge in [0, 0.05) is 19.2 Å². The van der Waals surface area contributed by atoms with Crippen molar-refractivity contribution in [2.45, 2.75) is 13.0 Å². The van der Waals surface area contributed by atoms with Crippen LogP contribution in [-0.2, 0) is 17.8 Å². The summed E-state index contributed by atoms with van der Waals surface area (Å²) in [6, 6.07) is 13.8. The van der Waals surface area contributed by atoms with Gasteiger partial charge in [0.2, 0.25) is 5.91 Å². The van der Waals surface area contributed by atoms with E-state index in [2.05, 4.69) is 0 Å². The molecule has 0 atom stereocenters. The first-order valence-electron chi connectivity index (χ1n) is 6.70. The van der Waals surface area contributed by atoms with E-state index in [4.69, 9.17) is 4.74 Å². The Hall–Kier alpha value is -2.36. The second-order valence-corrected chi connectivity index (χ2v) is 4.87. The van der Waals surface area contributed by atoms with Crippen LogP contribution in [0.2, 0.25) is 0 Å². The molecule has 0 unspecified atom stereocenters. The standard InChI is InChI=1S/C17H18FNO2/c1-19(12-14-5-3-4-6-16(14)18)17(20)11-13-7-9-15(21-2)10-8-13/h3-10H,11-12H2,1-2H3. The molecule has 0 bridgehead atoms. The molecular weight excluding hydrogens is 269 g/mol. The molecule has 0 aliphatic rings. The lowest BCUT2D eigenvalue weighted by molar-refractivity contribution is -0.129. The van der Waals surface area contributed by atoms with Gasteiger partial charge in [0.15, 0.2) is 0 Å². The lowest BCUT2D eigenvalue weighted by Gasteiger charge is -2.17. The number of methoxy groups -OCH3 is 1. The molecule has 2 aromatic rings. The molecule has 0 spiro atoms.